The van der Waals surface area contributed by atoms with Crippen molar-refractivity contribution >= 4 is 11.7 Å². The number of carboxylic acids is 1. The van der Waals surface area contributed by atoms with E-state index in [4.69, 9.17) is 14.6 Å². The van der Waals surface area contributed by atoms with Gasteiger partial charge in [0.25, 0.3) is 0 Å². The predicted molar refractivity (Wildman–Crippen MR) is 101 cm³/mol. The zero-order chi connectivity index (χ0) is 21.6. The Hall–Kier alpha value is -3.01. The molecule has 0 amide bonds. The van der Waals surface area contributed by atoms with Crippen molar-refractivity contribution in [2.24, 2.45) is 0 Å². The quantitative estimate of drug-likeness (QED) is 0.656. The minimum atomic E-state index is -4.73. The third-order valence-corrected chi connectivity index (χ3v) is 4.51. The Morgan fingerprint density at radius 3 is 2.67 bits per heavy atom. The second-order valence-electron chi connectivity index (χ2n) is 6.76. The van der Waals surface area contributed by atoms with Crippen molar-refractivity contribution in [1.82, 2.24) is 4.98 Å². The third-order valence-electron chi connectivity index (χ3n) is 4.51. The maximum atomic E-state index is 12.2. The first-order chi connectivity index (χ1) is 14.3. The molecule has 2 heterocycles. The Morgan fingerprint density at radius 1 is 1.20 bits per heavy atom. The molecule has 0 unspecified atom stereocenters. The molecule has 162 valence electrons. The lowest BCUT2D eigenvalue weighted by molar-refractivity contribution is -0.274. The van der Waals surface area contributed by atoms with Crippen LogP contribution in [-0.4, -0.2) is 48.2 Å². The normalized spacial score (nSPS) is 16.5. The van der Waals surface area contributed by atoms with Gasteiger partial charge in [0.05, 0.1) is 30.7 Å². The topological polar surface area (TPSA) is 81.1 Å². The fourth-order valence-corrected chi connectivity index (χ4v) is 3.23. The Morgan fingerprint density at radius 2 is 1.97 bits per heavy atom. The highest BCUT2D eigenvalue weighted by Gasteiger charge is 2.31. The van der Waals surface area contributed by atoms with E-state index >= 15 is 0 Å². The average molecular weight is 426 g/mol. The van der Waals surface area contributed by atoms with Crippen molar-refractivity contribution < 1.29 is 37.3 Å². The van der Waals surface area contributed by atoms with Gasteiger partial charge in [-0.25, -0.2) is 4.79 Å². The zero-order valence-electron chi connectivity index (χ0n) is 16.0. The van der Waals surface area contributed by atoms with E-state index in [0.29, 0.717) is 17.9 Å². The number of carboxylic acid groups (broad SMARTS) is 1. The lowest BCUT2D eigenvalue weighted by Gasteiger charge is -2.26. The molecule has 1 atom stereocenters. The van der Waals surface area contributed by atoms with E-state index in [0.717, 1.165) is 25.1 Å². The number of halogens is 3. The first kappa shape index (κ1) is 21.7. The van der Waals surface area contributed by atoms with Crippen LogP contribution in [0.2, 0.25) is 0 Å². The molecule has 0 aliphatic carbocycles. The summed E-state index contributed by atoms with van der Waals surface area (Å²) in [6.07, 6.45) is 0.369. The number of hydrogen-bond acceptors (Lipinski definition) is 6. The van der Waals surface area contributed by atoms with E-state index in [-0.39, 0.29) is 25.0 Å². The number of nitrogens with zero attached hydrogens (tertiary/aromatic N) is 2. The number of carbonyl (C=O) groups is 1. The molecule has 1 saturated heterocycles. The number of aromatic nitrogens is 1. The van der Waals surface area contributed by atoms with Crippen LogP contribution in [0.5, 0.6) is 11.5 Å². The zero-order valence-corrected chi connectivity index (χ0v) is 16.0. The summed E-state index contributed by atoms with van der Waals surface area (Å²) < 4.78 is 51.4. The number of ether oxygens (including phenoxy) is 3. The summed E-state index contributed by atoms with van der Waals surface area (Å²) in [4.78, 5) is 16.9. The molecule has 7 nitrogen and oxygen atoms in total. The van der Waals surface area contributed by atoms with Crippen LogP contribution < -0.4 is 14.4 Å². The fourth-order valence-electron chi connectivity index (χ4n) is 3.23. The molecule has 1 aromatic heterocycles. The largest absolute Gasteiger partial charge is 0.573 e. The van der Waals surface area contributed by atoms with Gasteiger partial charge in [-0.3, -0.25) is 4.98 Å². The van der Waals surface area contributed by atoms with Crippen LogP contribution in [-0.2, 0) is 16.1 Å². The van der Waals surface area contributed by atoms with Crippen molar-refractivity contribution in [3.63, 3.8) is 0 Å². The summed E-state index contributed by atoms with van der Waals surface area (Å²) in [5.74, 6) is -0.782. The van der Waals surface area contributed by atoms with Gasteiger partial charge in [0, 0.05) is 12.6 Å². The Bertz CT molecular complexity index is 845. The van der Waals surface area contributed by atoms with E-state index in [9.17, 15) is 18.0 Å². The highest BCUT2D eigenvalue weighted by atomic mass is 19.4. The number of aliphatic carboxylic acids is 1. The highest BCUT2D eigenvalue weighted by Crippen LogP contribution is 2.28. The summed E-state index contributed by atoms with van der Waals surface area (Å²) in [7, 11) is 0. The van der Waals surface area contributed by atoms with Crippen molar-refractivity contribution in [2.75, 3.05) is 24.7 Å². The Balaban J connectivity index is 1.57. The van der Waals surface area contributed by atoms with Gasteiger partial charge in [0.15, 0.2) is 0 Å². The number of pyridine rings is 1. The molecule has 1 aromatic carbocycles. The van der Waals surface area contributed by atoms with E-state index < -0.39 is 12.3 Å². The maximum Gasteiger partial charge on any atom is 0.573 e. The minimum Gasteiger partial charge on any atom is -0.487 e. The van der Waals surface area contributed by atoms with Gasteiger partial charge in [-0.05, 0) is 30.5 Å². The van der Waals surface area contributed by atoms with Crippen LogP contribution >= 0.6 is 0 Å². The van der Waals surface area contributed by atoms with E-state index in [1.807, 2.05) is 6.07 Å². The predicted octanol–water partition coefficient (Wildman–Crippen LogP) is 3.63. The van der Waals surface area contributed by atoms with Crippen LogP contribution in [0.1, 0.15) is 18.4 Å². The minimum absolute atomic E-state index is 0.0579. The smallest absolute Gasteiger partial charge is 0.487 e. The molecule has 2 aromatic rings. The average Bonchev–Trinajstić information content (AvgIpc) is 3.15. The molecule has 10 heteroatoms. The lowest BCUT2D eigenvalue weighted by atomic mass is 10.2. The van der Waals surface area contributed by atoms with E-state index in [1.54, 1.807) is 12.4 Å². The Labute approximate surface area is 171 Å². The number of anilines is 1. The second kappa shape index (κ2) is 9.66. The molecule has 3 rings (SSSR count). The van der Waals surface area contributed by atoms with Gasteiger partial charge in [-0.1, -0.05) is 12.1 Å². The molecule has 30 heavy (non-hydrogen) atoms. The van der Waals surface area contributed by atoms with Crippen LogP contribution in [0, 0.1) is 0 Å². The van der Waals surface area contributed by atoms with Crippen LogP contribution in [0.3, 0.4) is 0 Å². The summed E-state index contributed by atoms with van der Waals surface area (Å²) in [6.45, 7) is 0.928. The highest BCUT2D eigenvalue weighted by molar-refractivity contribution is 5.68. The van der Waals surface area contributed by atoms with Gasteiger partial charge in [0.1, 0.15) is 24.7 Å². The summed E-state index contributed by atoms with van der Waals surface area (Å²) in [5, 5.41) is 8.70. The number of benzene rings is 1. The van der Waals surface area contributed by atoms with Gasteiger partial charge in [-0.2, -0.15) is 0 Å². The van der Waals surface area contributed by atoms with Crippen molar-refractivity contribution in [2.45, 2.75) is 31.9 Å². The van der Waals surface area contributed by atoms with Gasteiger partial charge in [0.2, 0.25) is 0 Å². The number of alkyl halides is 3. The van der Waals surface area contributed by atoms with Crippen LogP contribution in [0.25, 0.3) is 0 Å². The molecular formula is C20H21F3N2O5. The van der Waals surface area contributed by atoms with Crippen molar-refractivity contribution in [3.05, 3.63) is 48.3 Å². The molecule has 1 aliphatic rings. The summed E-state index contributed by atoms with van der Waals surface area (Å²) in [5.41, 5.74) is 1.51. The Kier molecular flexibility index (Phi) is 6.99. The molecule has 0 saturated carbocycles. The first-order valence-corrected chi connectivity index (χ1v) is 9.29. The lowest BCUT2D eigenvalue weighted by Crippen LogP contribution is -2.33. The number of hydrogen-bond donors (Lipinski definition) is 1. The standard InChI is InChI=1S/C20H21F3N2O5/c21-20(22,23)30-17-5-3-14(4-6-17)11-29-18-8-16(9-24-10-18)25-7-1-2-15(25)12-28-13-19(26)27/h3-6,8-10,15H,1-2,7,11-13H2,(H,26,27)/t15-/m0/s1. The summed E-state index contributed by atoms with van der Waals surface area (Å²) >= 11 is 0. The molecule has 1 fully saturated rings. The van der Waals surface area contributed by atoms with E-state index in [1.165, 1.54) is 24.3 Å². The molecule has 0 radical (unpaired) electrons. The third kappa shape index (κ3) is 6.51. The van der Waals surface area contributed by atoms with Gasteiger partial charge in [-0.15, -0.1) is 13.2 Å². The fraction of sp³-hybridized carbons (Fsp3) is 0.400. The molecule has 0 spiro atoms. The van der Waals surface area contributed by atoms with E-state index in [2.05, 4.69) is 14.6 Å². The van der Waals surface area contributed by atoms with Gasteiger partial charge < -0.3 is 24.2 Å². The van der Waals surface area contributed by atoms with Gasteiger partial charge >= 0.3 is 12.3 Å². The van der Waals surface area contributed by atoms with Crippen LogP contribution in [0.15, 0.2) is 42.7 Å². The summed E-state index contributed by atoms with van der Waals surface area (Å²) in [6, 6.07) is 7.33. The SMILES string of the molecule is O=C(O)COC[C@@H]1CCCN1c1cncc(OCc2ccc(OC(F)(F)F)cc2)c1. The molecule has 1 N–H and O–H groups in total. The molecule has 0 bridgehead atoms. The number of rotatable bonds is 9. The maximum absolute atomic E-state index is 12.2. The molecular weight excluding hydrogens is 405 g/mol. The van der Waals surface area contributed by atoms with Crippen molar-refractivity contribution in [3.8, 4) is 11.5 Å². The van der Waals surface area contributed by atoms with Crippen LogP contribution in [0.4, 0.5) is 18.9 Å². The van der Waals surface area contributed by atoms with Crippen molar-refractivity contribution in [1.29, 1.82) is 0 Å². The monoisotopic (exact) mass is 426 g/mol. The molecule has 1 aliphatic heterocycles. The second-order valence-corrected chi connectivity index (χ2v) is 6.76. The first-order valence-electron chi connectivity index (χ1n) is 9.29.